The number of aromatic carboxylic acids is 1. The monoisotopic (exact) mass is 664 g/mol. The Morgan fingerprint density at radius 3 is 1.58 bits per heavy atom. The number of carbonyl (C=O) groups excluding carboxylic acids is 1. The number of hydrogen-bond acceptors (Lipinski definition) is 8. The van der Waals surface area contributed by atoms with Crippen LogP contribution in [0.2, 0.25) is 0 Å². The second-order valence-corrected chi connectivity index (χ2v) is 11.4. The van der Waals surface area contributed by atoms with E-state index in [1.54, 1.807) is 24.3 Å². The zero-order valence-electron chi connectivity index (χ0n) is 25.0. The molecule has 12 heteroatoms. The normalized spacial score (nSPS) is 11.5. The first-order valence-corrected chi connectivity index (χ1v) is 16.3. The molecular weight excluding hydrogens is 613 g/mol. The van der Waals surface area contributed by atoms with E-state index in [1.807, 2.05) is 12.1 Å². The molecule has 2 rings (SSSR count). The number of carboxylic acid groups (broad SMARTS) is 1. The average Bonchev–Trinajstić information content (AvgIpc) is 2.93. The van der Waals surface area contributed by atoms with Gasteiger partial charge in [0.15, 0.2) is 0 Å². The van der Waals surface area contributed by atoms with Crippen molar-refractivity contribution in [3.05, 3.63) is 59.7 Å². The highest BCUT2D eigenvalue weighted by atomic mass is 32.3. The van der Waals surface area contributed by atoms with Crippen molar-refractivity contribution in [2.24, 2.45) is 11.8 Å². The number of benzene rings is 2. The van der Waals surface area contributed by atoms with Gasteiger partial charge in [0.2, 0.25) is 0 Å². The number of aliphatic hydroxyl groups is 1. The summed E-state index contributed by atoms with van der Waals surface area (Å²) in [5.74, 6) is -0.130. The van der Waals surface area contributed by atoms with Crippen molar-refractivity contribution in [3.8, 4) is 0 Å². The lowest BCUT2D eigenvalue weighted by molar-refractivity contribution is 0.0427. The van der Waals surface area contributed by atoms with Crippen molar-refractivity contribution in [3.63, 3.8) is 0 Å². The van der Waals surface area contributed by atoms with E-state index in [9.17, 15) is 9.59 Å². The standard InChI is InChI=1S/C15H22O2S.C8H18O.C7H6O2S.CH4.H2O4S/c1-3-5-7-12(4-2)11-17-15(16)13-8-6-9-14(18)10-13;1-3-5-6-8(4-2)7-9;8-7(9)5-2-1-3-6(10)4-5;;1-5(2,3)4/h6,8-10,12,18H,3-5,7,11H2,1-2H3;8-9H,3-7H2,1-2H3;1-4,10H,(H,8,9);1H4;(H2,1,2,3,4). The number of unbranched alkanes of at least 4 members (excludes halogenated alkanes) is 2. The van der Waals surface area contributed by atoms with Crippen LogP contribution in [0, 0.1) is 11.8 Å². The highest BCUT2D eigenvalue weighted by molar-refractivity contribution is 7.80. The van der Waals surface area contributed by atoms with Crippen LogP contribution in [0.5, 0.6) is 0 Å². The van der Waals surface area contributed by atoms with Gasteiger partial charge in [-0.1, -0.05) is 85.8 Å². The lowest BCUT2D eigenvalue weighted by atomic mass is 10.0. The number of thiol groups is 2. The average molecular weight is 665 g/mol. The minimum Gasteiger partial charge on any atom is -0.478 e. The Bertz CT molecular complexity index is 1100. The van der Waals surface area contributed by atoms with Crippen LogP contribution in [0.25, 0.3) is 0 Å². The van der Waals surface area contributed by atoms with Gasteiger partial charge < -0.3 is 14.9 Å². The van der Waals surface area contributed by atoms with Crippen LogP contribution >= 0.6 is 25.3 Å². The van der Waals surface area contributed by atoms with Crippen molar-refractivity contribution in [2.75, 3.05) is 13.2 Å². The second kappa shape index (κ2) is 27.5. The van der Waals surface area contributed by atoms with E-state index in [-0.39, 0.29) is 19.0 Å². The Morgan fingerprint density at radius 1 is 0.814 bits per heavy atom. The van der Waals surface area contributed by atoms with Gasteiger partial charge in [0, 0.05) is 16.4 Å². The Morgan fingerprint density at radius 2 is 1.23 bits per heavy atom. The first-order valence-electron chi connectivity index (χ1n) is 14.0. The van der Waals surface area contributed by atoms with E-state index < -0.39 is 16.4 Å². The van der Waals surface area contributed by atoms with E-state index in [2.05, 4.69) is 53.0 Å². The van der Waals surface area contributed by atoms with Gasteiger partial charge in [0.25, 0.3) is 0 Å². The fourth-order valence-electron chi connectivity index (χ4n) is 3.36. The van der Waals surface area contributed by atoms with Crippen LogP contribution in [-0.4, -0.2) is 52.9 Å². The first-order chi connectivity index (χ1) is 19.7. The summed E-state index contributed by atoms with van der Waals surface area (Å²) in [5.41, 5.74) is 0.848. The SMILES string of the molecule is C.CCCCC(CC)CO.CCCCC(CC)COC(=O)c1cccc(S)c1.O=C(O)c1cccc(S)c1.O=S(=O)(O)O. The van der Waals surface area contributed by atoms with Gasteiger partial charge in [-0.25, -0.2) is 9.59 Å². The van der Waals surface area contributed by atoms with Crippen molar-refractivity contribution in [2.45, 2.75) is 96.3 Å². The fraction of sp³-hybridized carbons (Fsp3) is 0.548. The zero-order chi connectivity index (χ0) is 32.6. The molecule has 0 heterocycles. The summed E-state index contributed by atoms with van der Waals surface area (Å²) in [6, 6.07) is 13.6. The molecule has 0 aromatic heterocycles. The molecule has 0 spiro atoms. The Kier molecular flexibility index (Phi) is 29.0. The molecule has 2 unspecified atom stereocenters. The third-order valence-electron chi connectivity index (χ3n) is 5.97. The van der Waals surface area contributed by atoms with Crippen molar-refractivity contribution >= 4 is 47.6 Å². The number of esters is 1. The van der Waals surface area contributed by atoms with Gasteiger partial charge in [-0.05, 0) is 61.1 Å². The van der Waals surface area contributed by atoms with Crippen LogP contribution in [0.1, 0.15) is 107 Å². The van der Waals surface area contributed by atoms with E-state index in [1.165, 1.54) is 44.2 Å². The molecule has 43 heavy (non-hydrogen) atoms. The Balaban J connectivity index is -0.000000545. The summed E-state index contributed by atoms with van der Waals surface area (Å²) in [6.07, 6.45) is 9.40. The topological polar surface area (TPSA) is 158 Å². The van der Waals surface area contributed by atoms with Gasteiger partial charge in [0.05, 0.1) is 17.7 Å². The van der Waals surface area contributed by atoms with E-state index in [0.29, 0.717) is 35.5 Å². The molecule has 0 amide bonds. The third kappa shape index (κ3) is 28.4. The Hall–Kier alpha value is -2.09. The van der Waals surface area contributed by atoms with Gasteiger partial charge in [0.1, 0.15) is 0 Å². The highest BCUT2D eigenvalue weighted by Crippen LogP contribution is 2.15. The van der Waals surface area contributed by atoms with Gasteiger partial charge >= 0.3 is 22.3 Å². The molecule has 0 saturated carbocycles. The van der Waals surface area contributed by atoms with E-state index in [0.717, 1.165) is 24.2 Å². The smallest absolute Gasteiger partial charge is 0.394 e. The van der Waals surface area contributed by atoms with E-state index >= 15 is 0 Å². The summed E-state index contributed by atoms with van der Waals surface area (Å²) in [7, 11) is -4.67. The summed E-state index contributed by atoms with van der Waals surface area (Å²) < 4.78 is 36.9. The minimum absolute atomic E-state index is 0. The molecule has 2 aromatic carbocycles. The number of ether oxygens (including phenoxy) is 1. The van der Waals surface area contributed by atoms with Crippen LogP contribution in [-0.2, 0) is 15.1 Å². The van der Waals surface area contributed by atoms with Crippen LogP contribution < -0.4 is 0 Å². The van der Waals surface area contributed by atoms with Gasteiger partial charge in [-0.2, -0.15) is 8.42 Å². The minimum atomic E-state index is -4.67. The van der Waals surface area contributed by atoms with Crippen LogP contribution in [0.3, 0.4) is 0 Å². The third-order valence-corrected chi connectivity index (χ3v) is 6.53. The predicted molar refractivity (Wildman–Crippen MR) is 179 cm³/mol. The van der Waals surface area contributed by atoms with Gasteiger partial charge in [-0.15, -0.1) is 25.3 Å². The molecule has 0 fully saturated rings. The lowest BCUT2D eigenvalue weighted by Crippen LogP contribution is -2.14. The predicted octanol–water partition coefficient (Wildman–Crippen LogP) is 8.20. The van der Waals surface area contributed by atoms with Crippen molar-refractivity contribution in [1.29, 1.82) is 0 Å². The molecule has 0 aliphatic rings. The van der Waals surface area contributed by atoms with Crippen LogP contribution in [0.15, 0.2) is 58.3 Å². The maximum atomic E-state index is 11.8. The maximum absolute atomic E-state index is 11.8. The second-order valence-electron chi connectivity index (χ2n) is 9.47. The number of carboxylic acids is 1. The molecule has 0 aliphatic carbocycles. The maximum Gasteiger partial charge on any atom is 0.394 e. The number of rotatable bonds is 13. The van der Waals surface area contributed by atoms with Crippen molar-refractivity contribution in [1.82, 2.24) is 0 Å². The lowest BCUT2D eigenvalue weighted by Gasteiger charge is -2.14. The molecule has 0 saturated heterocycles. The molecule has 0 bridgehead atoms. The molecule has 4 N–H and O–H groups in total. The number of hydrogen-bond donors (Lipinski definition) is 6. The number of aliphatic hydroxyl groups excluding tert-OH is 1. The van der Waals surface area contributed by atoms with Gasteiger partial charge in [-0.3, -0.25) is 9.11 Å². The fourth-order valence-corrected chi connectivity index (χ4v) is 3.81. The Labute approximate surface area is 269 Å². The van der Waals surface area contributed by atoms with Crippen LogP contribution in [0.4, 0.5) is 0 Å². The molecule has 0 aliphatic heterocycles. The molecule has 0 radical (unpaired) electrons. The first kappa shape index (κ1) is 45.3. The summed E-state index contributed by atoms with van der Waals surface area (Å²) >= 11 is 8.20. The molecule has 248 valence electrons. The summed E-state index contributed by atoms with van der Waals surface area (Å²) in [4.78, 5) is 23.6. The molecular formula is C31H52O9S3. The molecule has 9 nitrogen and oxygen atoms in total. The summed E-state index contributed by atoms with van der Waals surface area (Å²) in [6.45, 7) is 9.53. The molecule has 2 aromatic rings. The highest BCUT2D eigenvalue weighted by Gasteiger charge is 2.12. The zero-order valence-corrected chi connectivity index (χ0v) is 27.6. The van der Waals surface area contributed by atoms with E-state index in [4.69, 9.17) is 32.5 Å². The quantitative estimate of drug-likeness (QED) is 0.0705. The summed E-state index contributed by atoms with van der Waals surface area (Å²) in [5, 5.41) is 17.2. The van der Waals surface area contributed by atoms with Crippen molar-refractivity contribution < 1.29 is 42.1 Å². The number of carbonyl (C=O) groups is 2. The molecule has 2 atom stereocenters. The largest absolute Gasteiger partial charge is 0.478 e.